The Labute approximate surface area is 124 Å². The van der Waals surface area contributed by atoms with E-state index in [-0.39, 0.29) is 24.0 Å². The highest BCUT2D eigenvalue weighted by molar-refractivity contribution is 7.15. The van der Waals surface area contributed by atoms with E-state index in [0.717, 1.165) is 5.01 Å². The lowest BCUT2D eigenvalue weighted by Gasteiger charge is -2.27. The fourth-order valence-electron chi connectivity index (χ4n) is 1.55. The minimum Gasteiger partial charge on any atom is -0.392 e. The molecule has 0 saturated carbocycles. The van der Waals surface area contributed by atoms with Crippen molar-refractivity contribution < 1.29 is 9.90 Å². The molecule has 0 aliphatic rings. The van der Waals surface area contributed by atoms with Crippen molar-refractivity contribution in [1.82, 2.24) is 15.1 Å². The second-order valence-electron chi connectivity index (χ2n) is 6.19. The molecule has 1 rings (SSSR count). The van der Waals surface area contributed by atoms with Crippen LogP contribution in [-0.4, -0.2) is 44.9 Å². The Bertz CT molecular complexity index is 451. The van der Waals surface area contributed by atoms with E-state index in [1.54, 1.807) is 11.8 Å². The first kappa shape index (κ1) is 16.8. The lowest BCUT2D eigenvalue weighted by atomic mass is 9.98. The van der Waals surface area contributed by atoms with E-state index in [0.29, 0.717) is 5.13 Å². The molecule has 20 heavy (non-hydrogen) atoms. The third-order valence-electron chi connectivity index (χ3n) is 2.63. The summed E-state index contributed by atoms with van der Waals surface area (Å²) >= 11 is 1.37. The van der Waals surface area contributed by atoms with E-state index in [1.165, 1.54) is 11.3 Å². The molecule has 0 fully saturated rings. The average Bonchev–Trinajstić information content (AvgIpc) is 2.73. The van der Waals surface area contributed by atoms with Crippen molar-refractivity contribution in [3.63, 3.8) is 0 Å². The highest BCUT2D eigenvalue weighted by atomic mass is 32.1. The van der Waals surface area contributed by atoms with E-state index < -0.39 is 6.10 Å². The Morgan fingerprint density at radius 1 is 1.35 bits per heavy atom. The van der Waals surface area contributed by atoms with Crippen molar-refractivity contribution in [2.45, 2.75) is 59.1 Å². The zero-order valence-electron chi connectivity index (χ0n) is 13.0. The van der Waals surface area contributed by atoms with Crippen molar-refractivity contribution in [3.8, 4) is 0 Å². The minimum atomic E-state index is -0.567. The van der Waals surface area contributed by atoms with Gasteiger partial charge in [-0.2, -0.15) is 0 Å². The summed E-state index contributed by atoms with van der Waals surface area (Å²) < 4.78 is 0. The number of carbonyl (C=O) groups excluding carboxylic acids is 1. The number of aliphatic hydroxyl groups excluding tert-OH is 1. The second kappa shape index (κ2) is 6.49. The number of hydrogen-bond donors (Lipinski definition) is 2. The number of aliphatic hydroxyl groups is 1. The van der Waals surface area contributed by atoms with Crippen LogP contribution in [0.4, 0.5) is 9.93 Å². The summed E-state index contributed by atoms with van der Waals surface area (Å²) in [7, 11) is 0. The molecular formula is C13H24N4O2S. The lowest BCUT2D eigenvalue weighted by molar-refractivity contribution is 0.125. The Hall–Kier alpha value is -1.21. The van der Waals surface area contributed by atoms with Crippen molar-refractivity contribution in [2.75, 3.05) is 11.9 Å². The Kier molecular flexibility index (Phi) is 5.47. The molecule has 114 valence electrons. The van der Waals surface area contributed by atoms with Crippen molar-refractivity contribution in [3.05, 3.63) is 5.01 Å². The maximum atomic E-state index is 12.2. The Morgan fingerprint density at radius 3 is 2.35 bits per heavy atom. The monoisotopic (exact) mass is 300 g/mol. The number of amides is 2. The van der Waals surface area contributed by atoms with E-state index in [9.17, 15) is 9.90 Å². The largest absolute Gasteiger partial charge is 0.392 e. The van der Waals surface area contributed by atoms with Gasteiger partial charge in [-0.15, -0.1) is 10.2 Å². The fourth-order valence-corrected chi connectivity index (χ4v) is 2.34. The van der Waals surface area contributed by atoms with Crippen molar-refractivity contribution >= 4 is 22.5 Å². The predicted molar refractivity (Wildman–Crippen MR) is 81.2 cm³/mol. The van der Waals surface area contributed by atoms with Gasteiger partial charge in [0.1, 0.15) is 5.01 Å². The van der Waals surface area contributed by atoms with Crippen LogP contribution in [0.15, 0.2) is 0 Å². The molecule has 1 heterocycles. The smallest absolute Gasteiger partial charge is 0.324 e. The second-order valence-corrected chi connectivity index (χ2v) is 7.17. The fraction of sp³-hybridized carbons (Fsp3) is 0.769. The summed E-state index contributed by atoms with van der Waals surface area (Å²) in [6.45, 7) is 11.9. The van der Waals surface area contributed by atoms with Gasteiger partial charge in [0.05, 0.1) is 6.10 Å². The number of carbonyl (C=O) groups is 1. The maximum Gasteiger partial charge on any atom is 0.324 e. The zero-order chi connectivity index (χ0) is 15.5. The van der Waals surface area contributed by atoms with Gasteiger partial charge in [-0.1, -0.05) is 32.1 Å². The molecular weight excluding hydrogens is 276 g/mol. The summed E-state index contributed by atoms with van der Waals surface area (Å²) in [4.78, 5) is 13.8. The van der Waals surface area contributed by atoms with Gasteiger partial charge in [0.25, 0.3) is 0 Å². The summed E-state index contributed by atoms with van der Waals surface area (Å²) in [6, 6.07) is -0.267. The van der Waals surface area contributed by atoms with E-state index in [1.807, 2.05) is 34.6 Å². The number of rotatable bonds is 4. The molecule has 1 atom stereocenters. The summed E-state index contributed by atoms with van der Waals surface area (Å²) in [5, 5.41) is 21.6. The van der Waals surface area contributed by atoms with Gasteiger partial charge in [0.15, 0.2) is 0 Å². The van der Waals surface area contributed by atoms with Crippen LogP contribution in [-0.2, 0) is 5.41 Å². The number of hydrogen-bond acceptors (Lipinski definition) is 5. The van der Waals surface area contributed by atoms with Gasteiger partial charge in [-0.3, -0.25) is 5.32 Å². The van der Waals surface area contributed by atoms with Gasteiger partial charge in [0.2, 0.25) is 5.13 Å². The quantitative estimate of drug-likeness (QED) is 0.895. The van der Waals surface area contributed by atoms with Gasteiger partial charge in [-0.05, 0) is 20.8 Å². The van der Waals surface area contributed by atoms with Crippen LogP contribution in [0.2, 0.25) is 0 Å². The van der Waals surface area contributed by atoms with Crippen LogP contribution in [0.3, 0.4) is 0 Å². The van der Waals surface area contributed by atoms with E-state index in [2.05, 4.69) is 15.5 Å². The first-order chi connectivity index (χ1) is 9.11. The zero-order valence-corrected chi connectivity index (χ0v) is 13.8. The highest BCUT2D eigenvalue weighted by Gasteiger charge is 2.23. The molecule has 2 N–H and O–H groups in total. The van der Waals surface area contributed by atoms with E-state index in [4.69, 9.17) is 0 Å². The molecule has 6 nitrogen and oxygen atoms in total. The molecule has 7 heteroatoms. The number of nitrogens with zero attached hydrogens (tertiary/aromatic N) is 3. The summed E-state index contributed by atoms with van der Waals surface area (Å²) in [5.41, 5.74) is -0.0853. The predicted octanol–water partition coefficient (Wildman–Crippen LogP) is 2.46. The molecule has 0 aromatic carbocycles. The van der Waals surface area contributed by atoms with Crippen LogP contribution in [0.1, 0.15) is 46.6 Å². The SMILES string of the molecule is CC(O)CN(C(=O)Nc1nnc(C(C)(C)C)s1)C(C)C. The van der Waals surface area contributed by atoms with Crippen LogP contribution in [0, 0.1) is 0 Å². The first-order valence-electron chi connectivity index (χ1n) is 6.71. The number of aromatic nitrogens is 2. The van der Waals surface area contributed by atoms with Gasteiger partial charge >= 0.3 is 6.03 Å². The van der Waals surface area contributed by atoms with Crippen LogP contribution >= 0.6 is 11.3 Å². The summed E-state index contributed by atoms with van der Waals surface area (Å²) in [6.07, 6.45) is -0.567. The topological polar surface area (TPSA) is 78.4 Å². The molecule has 0 aliphatic heterocycles. The molecule has 0 spiro atoms. The number of nitrogens with one attached hydrogen (secondary N) is 1. The third kappa shape index (κ3) is 4.72. The molecule has 1 aromatic rings. The number of anilines is 1. The Balaban J connectivity index is 2.76. The third-order valence-corrected chi connectivity index (χ3v) is 3.89. The first-order valence-corrected chi connectivity index (χ1v) is 7.52. The standard InChI is InChI=1S/C13H24N4O2S/c1-8(2)17(7-9(3)18)12(19)14-11-16-15-10(20-11)13(4,5)6/h8-9,18H,7H2,1-6H3,(H,14,16,19). The molecule has 0 saturated heterocycles. The average molecular weight is 300 g/mol. The maximum absolute atomic E-state index is 12.2. The Morgan fingerprint density at radius 2 is 1.95 bits per heavy atom. The van der Waals surface area contributed by atoms with Crippen molar-refractivity contribution in [2.24, 2.45) is 0 Å². The van der Waals surface area contributed by atoms with Crippen LogP contribution in [0.25, 0.3) is 0 Å². The lowest BCUT2D eigenvalue weighted by Crippen LogP contribution is -2.43. The minimum absolute atomic E-state index is 0.000363. The highest BCUT2D eigenvalue weighted by Crippen LogP contribution is 2.27. The van der Waals surface area contributed by atoms with Crippen LogP contribution in [0.5, 0.6) is 0 Å². The molecule has 2 amide bonds. The van der Waals surface area contributed by atoms with Gasteiger partial charge in [-0.25, -0.2) is 4.79 Å². The van der Waals surface area contributed by atoms with Crippen molar-refractivity contribution in [1.29, 1.82) is 0 Å². The molecule has 1 unspecified atom stereocenters. The molecule has 0 aliphatic carbocycles. The normalized spacial score (nSPS) is 13.4. The summed E-state index contributed by atoms with van der Waals surface area (Å²) in [5.74, 6) is 0. The molecule has 1 aromatic heterocycles. The van der Waals surface area contributed by atoms with Gasteiger partial charge < -0.3 is 10.0 Å². The van der Waals surface area contributed by atoms with Crippen LogP contribution < -0.4 is 5.32 Å². The van der Waals surface area contributed by atoms with E-state index >= 15 is 0 Å². The molecule has 0 bridgehead atoms. The molecule has 0 radical (unpaired) electrons. The number of urea groups is 1. The van der Waals surface area contributed by atoms with Gasteiger partial charge in [0, 0.05) is 18.0 Å².